The highest BCUT2D eigenvalue weighted by atomic mass is 32.2. The van der Waals surface area contributed by atoms with Crippen LogP contribution in [0, 0.1) is 13.8 Å². The maximum atomic E-state index is 13.2. The van der Waals surface area contributed by atoms with Crippen molar-refractivity contribution < 1.29 is 13.7 Å². The normalized spacial score (nSPS) is 12.7. The summed E-state index contributed by atoms with van der Waals surface area (Å²) in [6, 6.07) is 13.1. The molecule has 1 unspecified atom stereocenters. The minimum atomic E-state index is -1.49. The van der Waals surface area contributed by atoms with Crippen LogP contribution in [0.25, 0.3) is 11.8 Å². The summed E-state index contributed by atoms with van der Waals surface area (Å²) in [5.74, 6) is 2.05. The molecule has 7 heteroatoms. The first-order valence-corrected chi connectivity index (χ1v) is 12.2. The molecule has 0 spiro atoms. The average molecular weight is 468 g/mol. The van der Waals surface area contributed by atoms with Gasteiger partial charge in [-0.2, -0.15) is 5.10 Å². The first kappa shape index (κ1) is 24.6. The van der Waals surface area contributed by atoms with Gasteiger partial charge in [-0.1, -0.05) is 25.1 Å². The third-order valence-corrected chi connectivity index (χ3v) is 5.94. The molecular weight excluding hydrogens is 434 g/mol. The topological polar surface area (TPSA) is 65.4 Å². The van der Waals surface area contributed by atoms with E-state index in [2.05, 4.69) is 35.8 Å². The number of hydrogen-bond acceptors (Lipinski definition) is 4. The molecule has 0 saturated carbocycles. The van der Waals surface area contributed by atoms with Crippen LogP contribution in [0.15, 0.2) is 53.4 Å². The van der Waals surface area contributed by atoms with Gasteiger partial charge in [0.05, 0.1) is 17.7 Å². The molecule has 0 fully saturated rings. The minimum absolute atomic E-state index is 0.292. The first-order valence-electron chi connectivity index (χ1n) is 11.0. The van der Waals surface area contributed by atoms with E-state index in [-0.39, 0.29) is 5.60 Å². The summed E-state index contributed by atoms with van der Waals surface area (Å²) >= 11 is 0. The van der Waals surface area contributed by atoms with Crippen LogP contribution in [0.4, 0.5) is 5.82 Å². The lowest BCUT2D eigenvalue weighted by Crippen LogP contribution is -2.22. The van der Waals surface area contributed by atoms with Gasteiger partial charge in [-0.3, -0.25) is 4.72 Å². The predicted molar refractivity (Wildman–Crippen MR) is 136 cm³/mol. The highest BCUT2D eigenvalue weighted by Crippen LogP contribution is 2.33. The van der Waals surface area contributed by atoms with Crippen LogP contribution in [-0.2, 0) is 11.0 Å². The molecule has 0 radical (unpaired) electrons. The van der Waals surface area contributed by atoms with Crippen molar-refractivity contribution in [1.29, 1.82) is 0 Å². The smallest absolute Gasteiger partial charge is 0.151 e. The van der Waals surface area contributed by atoms with E-state index in [1.54, 1.807) is 23.9 Å². The zero-order valence-electron chi connectivity index (χ0n) is 20.4. The Morgan fingerprint density at radius 1 is 1.12 bits per heavy atom. The van der Waals surface area contributed by atoms with Crippen LogP contribution in [-0.4, -0.2) is 26.7 Å². The Kier molecular flexibility index (Phi) is 7.64. The number of aryl methyl sites for hydroxylation is 2. The second-order valence-corrected chi connectivity index (χ2v) is 10.0. The maximum absolute atomic E-state index is 13.2. The molecule has 0 aliphatic carbocycles. The standard InChI is InChI=1S/C26H33N3O3S/c1-8-9-10-22-18(2)11-16-23(31-7)25(22)29-24(17-19(3)27-29)28-33(30)21-14-12-20(13-15-21)32-26(4,5)6/h9-17,28H,8H2,1-7H3/b10-9-. The molecule has 6 nitrogen and oxygen atoms in total. The third kappa shape index (κ3) is 6.05. The molecule has 0 bridgehead atoms. The number of allylic oxidation sites excluding steroid dienone is 1. The minimum Gasteiger partial charge on any atom is -0.494 e. The SMILES string of the molecule is CC/C=C\c1c(C)ccc(OC)c1-n1nc(C)cc1NS(=O)c1ccc(OC(C)(C)C)cc1. The van der Waals surface area contributed by atoms with Gasteiger partial charge in [0, 0.05) is 11.6 Å². The lowest BCUT2D eigenvalue weighted by Gasteiger charge is -2.21. The summed E-state index contributed by atoms with van der Waals surface area (Å²) in [5.41, 5.74) is 3.43. The molecule has 1 aromatic heterocycles. The second-order valence-electron chi connectivity index (χ2n) is 8.80. The van der Waals surface area contributed by atoms with Crippen LogP contribution >= 0.6 is 0 Å². The number of hydrogen-bond donors (Lipinski definition) is 1. The van der Waals surface area contributed by atoms with Gasteiger partial charge in [0.2, 0.25) is 0 Å². The highest BCUT2D eigenvalue weighted by Gasteiger charge is 2.19. The van der Waals surface area contributed by atoms with Gasteiger partial charge in [0.25, 0.3) is 0 Å². The van der Waals surface area contributed by atoms with Gasteiger partial charge in [-0.05, 0) is 76.9 Å². The molecule has 0 aliphatic rings. The zero-order valence-corrected chi connectivity index (χ0v) is 21.2. The van der Waals surface area contributed by atoms with E-state index < -0.39 is 11.0 Å². The van der Waals surface area contributed by atoms with E-state index in [0.29, 0.717) is 16.5 Å². The van der Waals surface area contributed by atoms with Crippen LogP contribution < -0.4 is 14.2 Å². The van der Waals surface area contributed by atoms with E-state index in [0.717, 1.165) is 34.7 Å². The number of aromatic nitrogens is 2. The quantitative estimate of drug-likeness (QED) is 0.426. The van der Waals surface area contributed by atoms with Crippen molar-refractivity contribution in [3.8, 4) is 17.2 Å². The van der Waals surface area contributed by atoms with Crippen molar-refractivity contribution in [2.24, 2.45) is 0 Å². The van der Waals surface area contributed by atoms with Crippen molar-refractivity contribution in [2.75, 3.05) is 11.8 Å². The Hall–Kier alpha value is -3.06. The number of benzene rings is 2. The van der Waals surface area contributed by atoms with Gasteiger partial charge >= 0.3 is 0 Å². The summed E-state index contributed by atoms with van der Waals surface area (Å²) in [6.07, 6.45) is 5.10. The second kappa shape index (κ2) is 10.3. The summed E-state index contributed by atoms with van der Waals surface area (Å²) in [4.78, 5) is 0.643. The molecule has 1 heterocycles. The Bertz CT molecular complexity index is 1160. The van der Waals surface area contributed by atoms with E-state index in [1.165, 1.54) is 0 Å². The fourth-order valence-electron chi connectivity index (χ4n) is 3.40. The molecule has 2 aromatic carbocycles. The molecule has 33 heavy (non-hydrogen) atoms. The molecule has 1 N–H and O–H groups in total. The van der Waals surface area contributed by atoms with Gasteiger partial charge in [-0.15, -0.1) is 0 Å². The van der Waals surface area contributed by atoms with Crippen molar-refractivity contribution in [1.82, 2.24) is 9.78 Å². The number of nitrogens with zero attached hydrogens (tertiary/aromatic N) is 2. The number of methoxy groups -OCH3 is 1. The van der Waals surface area contributed by atoms with Crippen molar-refractivity contribution >= 4 is 22.9 Å². The van der Waals surface area contributed by atoms with Gasteiger partial charge < -0.3 is 9.47 Å². The number of nitrogens with one attached hydrogen (secondary N) is 1. The summed E-state index contributed by atoms with van der Waals surface area (Å²) < 4.78 is 29.6. The lowest BCUT2D eigenvalue weighted by atomic mass is 10.0. The number of anilines is 1. The van der Waals surface area contributed by atoms with Gasteiger partial charge in [0.1, 0.15) is 28.6 Å². The molecule has 0 amide bonds. The molecule has 3 rings (SSSR count). The van der Waals surface area contributed by atoms with Gasteiger partial charge in [-0.25, -0.2) is 8.89 Å². The largest absolute Gasteiger partial charge is 0.494 e. The number of ether oxygens (including phenoxy) is 2. The Morgan fingerprint density at radius 3 is 2.42 bits per heavy atom. The fourth-order valence-corrected chi connectivity index (χ4v) is 4.24. The summed E-state index contributed by atoms with van der Waals surface area (Å²) in [5, 5.41) is 4.69. The maximum Gasteiger partial charge on any atom is 0.151 e. The lowest BCUT2D eigenvalue weighted by molar-refractivity contribution is 0.131. The molecule has 3 aromatic rings. The van der Waals surface area contributed by atoms with E-state index >= 15 is 0 Å². The molecule has 176 valence electrons. The monoisotopic (exact) mass is 467 g/mol. The fraction of sp³-hybridized carbons (Fsp3) is 0.346. The molecule has 1 atom stereocenters. The Balaban J connectivity index is 1.97. The Morgan fingerprint density at radius 2 is 1.82 bits per heavy atom. The molecular formula is C26H33N3O3S. The van der Waals surface area contributed by atoms with Crippen LogP contribution in [0.3, 0.4) is 0 Å². The van der Waals surface area contributed by atoms with Crippen LogP contribution in [0.2, 0.25) is 0 Å². The average Bonchev–Trinajstić information content (AvgIpc) is 3.11. The summed E-state index contributed by atoms with van der Waals surface area (Å²) in [7, 11) is 0.156. The van der Waals surface area contributed by atoms with Crippen LogP contribution in [0.1, 0.15) is 50.9 Å². The third-order valence-electron chi connectivity index (χ3n) is 4.84. The van der Waals surface area contributed by atoms with Crippen LogP contribution in [0.5, 0.6) is 11.5 Å². The van der Waals surface area contributed by atoms with E-state index in [9.17, 15) is 4.21 Å². The molecule has 0 saturated heterocycles. The van der Waals surface area contributed by atoms with Crippen molar-refractivity contribution in [2.45, 2.75) is 58.5 Å². The zero-order chi connectivity index (χ0) is 24.2. The van der Waals surface area contributed by atoms with Crippen molar-refractivity contribution in [3.63, 3.8) is 0 Å². The first-order chi connectivity index (χ1) is 15.6. The molecule has 0 aliphatic heterocycles. The Labute approximate surface area is 199 Å². The predicted octanol–water partition coefficient (Wildman–Crippen LogP) is 6.23. The highest BCUT2D eigenvalue weighted by molar-refractivity contribution is 7.86. The van der Waals surface area contributed by atoms with E-state index in [1.807, 2.05) is 58.0 Å². The van der Waals surface area contributed by atoms with E-state index in [4.69, 9.17) is 9.47 Å². The van der Waals surface area contributed by atoms with Crippen molar-refractivity contribution in [3.05, 3.63) is 65.4 Å². The van der Waals surface area contributed by atoms with Gasteiger partial charge in [0.15, 0.2) is 11.0 Å². The number of rotatable bonds is 8. The summed E-state index contributed by atoms with van der Waals surface area (Å²) in [6.45, 7) is 12.0.